The molecule has 118 valence electrons. The molecular weight excluding hydrogens is 284 g/mol. The Kier molecular flexibility index (Phi) is 7.76. The first-order valence-corrected chi connectivity index (χ1v) is 7.72. The third-order valence-electron chi connectivity index (χ3n) is 4.21. The number of carbonyl (C=O) groups excluding carboxylic acids is 1. The third-order valence-corrected chi connectivity index (χ3v) is 4.21. The Morgan fingerprint density at radius 2 is 1.86 bits per heavy atom. The van der Waals surface area contributed by atoms with E-state index in [-0.39, 0.29) is 24.4 Å². The molecule has 1 saturated carbocycles. The minimum atomic E-state index is -0.0520. The molecule has 1 fully saturated rings. The van der Waals surface area contributed by atoms with Crippen molar-refractivity contribution in [3.05, 3.63) is 35.9 Å². The quantitative estimate of drug-likeness (QED) is 0.877. The van der Waals surface area contributed by atoms with Gasteiger partial charge in [0, 0.05) is 19.0 Å². The summed E-state index contributed by atoms with van der Waals surface area (Å²) >= 11 is 0. The van der Waals surface area contributed by atoms with Crippen molar-refractivity contribution < 1.29 is 4.79 Å². The van der Waals surface area contributed by atoms with Crippen LogP contribution >= 0.6 is 12.4 Å². The Morgan fingerprint density at radius 1 is 1.24 bits per heavy atom. The first kappa shape index (κ1) is 18.0. The molecule has 21 heavy (non-hydrogen) atoms. The normalized spacial score (nSPS) is 23.0. The summed E-state index contributed by atoms with van der Waals surface area (Å²) in [6.45, 7) is 2.68. The van der Waals surface area contributed by atoms with E-state index in [1.165, 1.54) is 31.2 Å². The van der Waals surface area contributed by atoms with Crippen LogP contribution in [0.25, 0.3) is 0 Å². The van der Waals surface area contributed by atoms with E-state index in [0.717, 1.165) is 6.54 Å². The van der Waals surface area contributed by atoms with Crippen LogP contribution in [0.1, 0.15) is 50.5 Å². The molecule has 0 saturated heterocycles. The van der Waals surface area contributed by atoms with Gasteiger partial charge in [-0.05, 0) is 50.0 Å². The molecule has 0 spiro atoms. The van der Waals surface area contributed by atoms with Gasteiger partial charge in [0.1, 0.15) is 0 Å². The fraction of sp³-hybridized carbons (Fsp3) is 0.588. The van der Waals surface area contributed by atoms with E-state index >= 15 is 0 Å². The van der Waals surface area contributed by atoms with Crippen LogP contribution in [-0.2, 0) is 4.79 Å². The molecule has 1 aliphatic rings. The SMILES string of the molecule is CC(N)CC(=O)NCC1CCC(c2ccccc2)CC1.Cl. The summed E-state index contributed by atoms with van der Waals surface area (Å²) in [5.74, 6) is 1.42. The summed E-state index contributed by atoms with van der Waals surface area (Å²) in [6, 6.07) is 10.7. The van der Waals surface area contributed by atoms with Crippen LogP contribution in [0.4, 0.5) is 0 Å². The lowest BCUT2D eigenvalue weighted by Crippen LogP contribution is -2.34. The number of nitrogens with one attached hydrogen (secondary N) is 1. The average Bonchev–Trinajstić information content (AvgIpc) is 2.46. The van der Waals surface area contributed by atoms with Gasteiger partial charge in [-0.3, -0.25) is 4.79 Å². The van der Waals surface area contributed by atoms with Crippen molar-refractivity contribution in [3.8, 4) is 0 Å². The maximum Gasteiger partial charge on any atom is 0.221 e. The number of halogens is 1. The van der Waals surface area contributed by atoms with Gasteiger partial charge in [0.2, 0.25) is 5.91 Å². The maximum atomic E-state index is 11.6. The van der Waals surface area contributed by atoms with Crippen LogP contribution in [0.15, 0.2) is 30.3 Å². The van der Waals surface area contributed by atoms with Gasteiger partial charge in [0.15, 0.2) is 0 Å². The van der Waals surface area contributed by atoms with E-state index in [1.807, 2.05) is 6.92 Å². The molecule has 2 rings (SSSR count). The summed E-state index contributed by atoms with van der Waals surface area (Å²) in [7, 11) is 0. The number of hydrogen-bond donors (Lipinski definition) is 2. The summed E-state index contributed by atoms with van der Waals surface area (Å²) < 4.78 is 0. The fourth-order valence-corrected chi connectivity index (χ4v) is 3.05. The Bertz CT molecular complexity index is 414. The van der Waals surface area contributed by atoms with Gasteiger partial charge in [-0.15, -0.1) is 12.4 Å². The second-order valence-corrected chi connectivity index (χ2v) is 6.11. The number of nitrogens with two attached hydrogens (primary N) is 1. The van der Waals surface area contributed by atoms with Crippen LogP contribution in [0, 0.1) is 5.92 Å². The van der Waals surface area contributed by atoms with Crippen molar-refractivity contribution in [3.63, 3.8) is 0 Å². The lowest BCUT2D eigenvalue weighted by Gasteiger charge is -2.29. The predicted molar refractivity (Wildman–Crippen MR) is 89.7 cm³/mol. The Hall–Kier alpha value is -1.06. The minimum Gasteiger partial charge on any atom is -0.356 e. The lowest BCUT2D eigenvalue weighted by molar-refractivity contribution is -0.121. The highest BCUT2D eigenvalue weighted by Gasteiger charge is 2.22. The van der Waals surface area contributed by atoms with Crippen molar-refractivity contribution >= 4 is 18.3 Å². The molecule has 0 aliphatic heterocycles. The van der Waals surface area contributed by atoms with Crippen molar-refractivity contribution in [1.29, 1.82) is 0 Å². The maximum absolute atomic E-state index is 11.6. The first-order chi connectivity index (χ1) is 9.65. The van der Waals surface area contributed by atoms with Crippen LogP contribution in [-0.4, -0.2) is 18.5 Å². The topological polar surface area (TPSA) is 55.1 Å². The molecule has 0 heterocycles. The van der Waals surface area contributed by atoms with E-state index in [2.05, 4.69) is 35.6 Å². The predicted octanol–water partition coefficient (Wildman–Crippen LogP) is 3.24. The molecular formula is C17H27ClN2O. The average molecular weight is 311 g/mol. The monoisotopic (exact) mass is 310 g/mol. The smallest absolute Gasteiger partial charge is 0.221 e. The Labute approximate surface area is 134 Å². The van der Waals surface area contributed by atoms with Gasteiger partial charge < -0.3 is 11.1 Å². The third kappa shape index (κ3) is 6.06. The minimum absolute atomic E-state index is 0. The summed E-state index contributed by atoms with van der Waals surface area (Å²) in [4.78, 5) is 11.6. The van der Waals surface area contributed by atoms with E-state index in [1.54, 1.807) is 0 Å². The fourth-order valence-electron chi connectivity index (χ4n) is 3.05. The molecule has 0 aromatic heterocycles. The zero-order valence-corrected chi connectivity index (χ0v) is 13.6. The van der Waals surface area contributed by atoms with Crippen LogP contribution in [0.5, 0.6) is 0 Å². The van der Waals surface area contributed by atoms with Gasteiger partial charge in [-0.2, -0.15) is 0 Å². The molecule has 3 N–H and O–H groups in total. The largest absolute Gasteiger partial charge is 0.356 e. The second kappa shape index (κ2) is 9.06. The number of rotatable bonds is 5. The zero-order valence-electron chi connectivity index (χ0n) is 12.8. The summed E-state index contributed by atoms with van der Waals surface area (Å²) in [6.07, 6.45) is 5.31. The summed E-state index contributed by atoms with van der Waals surface area (Å²) in [5.41, 5.74) is 7.09. The molecule has 1 aliphatic carbocycles. The zero-order chi connectivity index (χ0) is 14.4. The molecule has 1 aromatic rings. The number of amides is 1. The highest BCUT2D eigenvalue weighted by atomic mass is 35.5. The molecule has 4 heteroatoms. The van der Waals surface area contributed by atoms with Crippen LogP contribution < -0.4 is 11.1 Å². The van der Waals surface area contributed by atoms with Gasteiger partial charge in [0.25, 0.3) is 0 Å². The first-order valence-electron chi connectivity index (χ1n) is 7.72. The van der Waals surface area contributed by atoms with E-state index in [4.69, 9.17) is 5.73 Å². The van der Waals surface area contributed by atoms with E-state index < -0.39 is 0 Å². The van der Waals surface area contributed by atoms with E-state index in [9.17, 15) is 4.79 Å². The molecule has 0 bridgehead atoms. The molecule has 1 aromatic carbocycles. The Balaban J connectivity index is 0.00000220. The lowest BCUT2D eigenvalue weighted by atomic mass is 9.79. The summed E-state index contributed by atoms with van der Waals surface area (Å²) in [5, 5.41) is 3.02. The highest BCUT2D eigenvalue weighted by molar-refractivity contribution is 5.85. The molecule has 1 amide bonds. The van der Waals surface area contributed by atoms with Gasteiger partial charge in [-0.25, -0.2) is 0 Å². The standard InChI is InChI=1S/C17H26N2O.ClH/c1-13(18)11-17(20)19-12-14-7-9-16(10-8-14)15-5-3-2-4-6-15;/h2-6,13-14,16H,7-12,18H2,1H3,(H,19,20);1H. The van der Waals surface area contributed by atoms with Crippen molar-refractivity contribution in [2.24, 2.45) is 11.7 Å². The number of benzene rings is 1. The van der Waals surface area contributed by atoms with Crippen molar-refractivity contribution in [2.75, 3.05) is 6.54 Å². The van der Waals surface area contributed by atoms with E-state index in [0.29, 0.717) is 18.3 Å². The number of carbonyl (C=O) groups is 1. The van der Waals surface area contributed by atoms with Gasteiger partial charge in [0.05, 0.1) is 0 Å². The van der Waals surface area contributed by atoms with Crippen LogP contribution in [0.2, 0.25) is 0 Å². The van der Waals surface area contributed by atoms with Crippen LogP contribution in [0.3, 0.4) is 0 Å². The Morgan fingerprint density at radius 3 is 2.43 bits per heavy atom. The molecule has 0 radical (unpaired) electrons. The molecule has 1 atom stereocenters. The van der Waals surface area contributed by atoms with Gasteiger partial charge >= 0.3 is 0 Å². The number of hydrogen-bond acceptors (Lipinski definition) is 2. The van der Waals surface area contributed by atoms with Crippen molar-refractivity contribution in [2.45, 2.75) is 51.0 Å². The van der Waals surface area contributed by atoms with Gasteiger partial charge in [-0.1, -0.05) is 30.3 Å². The molecule has 3 nitrogen and oxygen atoms in total. The van der Waals surface area contributed by atoms with Crippen molar-refractivity contribution in [1.82, 2.24) is 5.32 Å². The second-order valence-electron chi connectivity index (χ2n) is 6.11. The molecule has 1 unspecified atom stereocenters. The highest BCUT2D eigenvalue weighted by Crippen LogP contribution is 2.35.